The lowest BCUT2D eigenvalue weighted by Gasteiger charge is -2.34. The van der Waals surface area contributed by atoms with Gasteiger partial charge in [-0.1, -0.05) is 30.3 Å². The number of allylic oxidation sites excluding steroid dienone is 1. The van der Waals surface area contributed by atoms with E-state index in [1.807, 2.05) is 35.2 Å². The lowest BCUT2D eigenvalue weighted by atomic mass is 9.99. The van der Waals surface area contributed by atoms with Gasteiger partial charge in [-0.25, -0.2) is 4.98 Å². The van der Waals surface area contributed by atoms with Crippen LogP contribution in [0, 0.1) is 0 Å². The summed E-state index contributed by atoms with van der Waals surface area (Å²) in [7, 11) is 0. The number of H-pyrrole nitrogens is 1. The Labute approximate surface area is 158 Å². The molecule has 4 rings (SSSR count). The molecule has 2 aliphatic rings. The molecule has 0 spiro atoms. The van der Waals surface area contributed by atoms with Gasteiger partial charge in [0.2, 0.25) is 5.91 Å². The molecule has 27 heavy (non-hydrogen) atoms. The monoisotopic (exact) mass is 365 g/mol. The highest BCUT2D eigenvalue weighted by molar-refractivity contribution is 6.10. The van der Waals surface area contributed by atoms with Crippen LogP contribution < -0.4 is 0 Å². The van der Waals surface area contributed by atoms with E-state index in [9.17, 15) is 9.59 Å². The number of rotatable bonds is 5. The molecule has 1 aromatic carbocycles. The first-order chi connectivity index (χ1) is 13.2. The number of aromatic amines is 1. The highest BCUT2D eigenvalue weighted by atomic mass is 16.2. The van der Waals surface area contributed by atoms with E-state index in [0.717, 1.165) is 36.5 Å². The molecule has 7 heteroatoms. The third kappa shape index (κ3) is 3.98. The summed E-state index contributed by atoms with van der Waals surface area (Å²) in [6.45, 7) is 3.66. The minimum Gasteiger partial charge on any atom is -0.340 e. The van der Waals surface area contributed by atoms with E-state index in [4.69, 9.17) is 0 Å². The van der Waals surface area contributed by atoms with Crippen LogP contribution in [0.3, 0.4) is 0 Å². The fourth-order valence-corrected chi connectivity index (χ4v) is 3.81. The maximum absolute atomic E-state index is 12.8. The molecule has 1 fully saturated rings. The number of Topliss-reactive ketones (excluding diaryl/α,β-unsaturated/α-hetero) is 1. The van der Waals surface area contributed by atoms with E-state index >= 15 is 0 Å². The average Bonchev–Trinajstić information content (AvgIpc) is 3.33. The highest BCUT2D eigenvalue weighted by Gasteiger charge is 2.28. The molecule has 0 radical (unpaired) electrons. The largest absolute Gasteiger partial charge is 0.340 e. The molecule has 0 unspecified atom stereocenters. The second-order valence-corrected chi connectivity index (χ2v) is 7.01. The molecule has 1 aliphatic heterocycles. The fraction of sp³-hybridized carbons (Fsp3) is 0.400. The molecule has 0 bridgehead atoms. The molecule has 1 aromatic heterocycles. The van der Waals surface area contributed by atoms with Crippen molar-refractivity contribution in [2.24, 2.45) is 0 Å². The van der Waals surface area contributed by atoms with Crippen molar-refractivity contribution in [2.75, 3.05) is 26.2 Å². The maximum Gasteiger partial charge on any atom is 0.227 e. The van der Waals surface area contributed by atoms with E-state index < -0.39 is 0 Å². The zero-order valence-corrected chi connectivity index (χ0v) is 15.2. The molecular formula is C20H23N5O2. The summed E-state index contributed by atoms with van der Waals surface area (Å²) in [4.78, 5) is 33.4. The van der Waals surface area contributed by atoms with E-state index in [-0.39, 0.29) is 18.1 Å². The molecule has 1 N–H and O–H groups in total. The zero-order valence-electron chi connectivity index (χ0n) is 15.2. The van der Waals surface area contributed by atoms with Gasteiger partial charge in [-0.05, 0) is 17.6 Å². The molecule has 0 saturated carbocycles. The molecule has 1 aliphatic carbocycles. The Balaban J connectivity index is 1.38. The molecule has 140 valence electrons. The molecule has 7 nitrogen and oxygen atoms in total. The average molecular weight is 365 g/mol. The fourth-order valence-electron chi connectivity index (χ4n) is 3.81. The van der Waals surface area contributed by atoms with E-state index in [1.54, 1.807) is 0 Å². The third-order valence-corrected chi connectivity index (χ3v) is 5.32. The molecule has 0 atom stereocenters. The summed E-state index contributed by atoms with van der Waals surface area (Å²) in [5.74, 6) is 1.00. The van der Waals surface area contributed by atoms with Crippen LogP contribution >= 0.6 is 0 Å². The topological polar surface area (TPSA) is 82.2 Å². The van der Waals surface area contributed by atoms with Crippen molar-refractivity contribution in [2.45, 2.75) is 25.8 Å². The number of hydrogen-bond acceptors (Lipinski definition) is 5. The van der Waals surface area contributed by atoms with Crippen molar-refractivity contribution in [1.29, 1.82) is 0 Å². The van der Waals surface area contributed by atoms with Gasteiger partial charge in [0.1, 0.15) is 12.2 Å². The second-order valence-electron chi connectivity index (χ2n) is 7.01. The summed E-state index contributed by atoms with van der Waals surface area (Å²) in [6, 6.07) is 9.93. The molecule has 2 aromatic rings. The Morgan fingerprint density at radius 3 is 2.56 bits per heavy atom. The predicted octanol–water partition coefficient (Wildman–Crippen LogP) is 1.66. The van der Waals surface area contributed by atoms with Gasteiger partial charge in [0, 0.05) is 38.2 Å². The van der Waals surface area contributed by atoms with Gasteiger partial charge in [0.05, 0.1) is 13.0 Å². The quantitative estimate of drug-likeness (QED) is 0.871. The first kappa shape index (κ1) is 17.6. The molecule has 1 saturated heterocycles. The van der Waals surface area contributed by atoms with Gasteiger partial charge in [0.15, 0.2) is 5.78 Å². The second kappa shape index (κ2) is 7.84. The smallest absolute Gasteiger partial charge is 0.227 e. The van der Waals surface area contributed by atoms with Crippen molar-refractivity contribution in [1.82, 2.24) is 25.0 Å². The highest BCUT2D eigenvalue weighted by Crippen LogP contribution is 2.33. The Hall–Kier alpha value is -2.80. The number of carbonyl (C=O) groups is 2. The summed E-state index contributed by atoms with van der Waals surface area (Å²) < 4.78 is 0. The first-order valence-corrected chi connectivity index (χ1v) is 9.36. The Morgan fingerprint density at radius 2 is 1.85 bits per heavy atom. The Morgan fingerprint density at radius 1 is 1.07 bits per heavy atom. The van der Waals surface area contributed by atoms with Crippen LogP contribution in [0.2, 0.25) is 0 Å². The number of carbonyl (C=O) groups excluding carboxylic acids is 2. The standard InChI is InChI=1S/C20H23N5O2/c26-18-7-6-16(15-4-2-1-3-5-15)17(18)12-20(27)25-10-8-24(9-11-25)13-19-21-14-22-23-19/h1-5,14H,6-13H2,(H,21,22,23). The van der Waals surface area contributed by atoms with Crippen molar-refractivity contribution >= 4 is 17.3 Å². The Bertz CT molecular complexity index is 837. The van der Waals surface area contributed by atoms with Crippen LogP contribution in [0.4, 0.5) is 0 Å². The van der Waals surface area contributed by atoms with Crippen LogP contribution in [0.1, 0.15) is 30.7 Å². The van der Waals surface area contributed by atoms with E-state index in [0.29, 0.717) is 31.6 Å². The maximum atomic E-state index is 12.8. The minimum absolute atomic E-state index is 0.0491. The SMILES string of the molecule is O=C1CCC(c2ccccc2)=C1CC(=O)N1CCN(Cc2ncn[nH]2)CC1. The normalized spacial score (nSPS) is 18.4. The van der Waals surface area contributed by atoms with Gasteiger partial charge < -0.3 is 4.90 Å². The lowest BCUT2D eigenvalue weighted by molar-refractivity contribution is -0.133. The molecule has 1 amide bonds. The number of hydrogen-bond donors (Lipinski definition) is 1. The van der Waals surface area contributed by atoms with Gasteiger partial charge in [-0.3, -0.25) is 19.6 Å². The van der Waals surface area contributed by atoms with Crippen molar-refractivity contribution in [3.05, 3.63) is 53.6 Å². The summed E-state index contributed by atoms with van der Waals surface area (Å²) in [5.41, 5.74) is 2.80. The van der Waals surface area contributed by atoms with Crippen LogP contribution in [0.15, 0.2) is 42.2 Å². The van der Waals surface area contributed by atoms with Crippen molar-refractivity contribution in [3.63, 3.8) is 0 Å². The summed E-state index contributed by atoms with van der Waals surface area (Å²) in [6.07, 6.45) is 2.96. The van der Waals surface area contributed by atoms with E-state index in [2.05, 4.69) is 20.1 Å². The number of nitrogens with zero attached hydrogens (tertiary/aromatic N) is 4. The number of nitrogens with one attached hydrogen (secondary N) is 1. The third-order valence-electron chi connectivity index (χ3n) is 5.32. The van der Waals surface area contributed by atoms with E-state index in [1.165, 1.54) is 6.33 Å². The van der Waals surface area contributed by atoms with Crippen LogP contribution in [-0.4, -0.2) is 62.9 Å². The van der Waals surface area contributed by atoms with Gasteiger partial charge in [-0.2, -0.15) is 5.10 Å². The first-order valence-electron chi connectivity index (χ1n) is 9.36. The lowest BCUT2D eigenvalue weighted by Crippen LogP contribution is -2.48. The van der Waals surface area contributed by atoms with Crippen LogP contribution in [0.25, 0.3) is 5.57 Å². The summed E-state index contributed by atoms with van der Waals surface area (Å²) in [5, 5.41) is 6.73. The van der Waals surface area contributed by atoms with Gasteiger partial charge in [-0.15, -0.1) is 0 Å². The number of amides is 1. The van der Waals surface area contributed by atoms with Crippen molar-refractivity contribution < 1.29 is 9.59 Å². The van der Waals surface area contributed by atoms with Crippen LogP contribution in [0.5, 0.6) is 0 Å². The van der Waals surface area contributed by atoms with Gasteiger partial charge in [0.25, 0.3) is 0 Å². The van der Waals surface area contributed by atoms with Crippen molar-refractivity contribution in [3.8, 4) is 0 Å². The van der Waals surface area contributed by atoms with Gasteiger partial charge >= 0.3 is 0 Å². The molecule has 2 heterocycles. The number of aromatic nitrogens is 3. The predicted molar refractivity (Wildman–Crippen MR) is 100 cm³/mol. The molecular weight excluding hydrogens is 342 g/mol. The summed E-state index contributed by atoms with van der Waals surface area (Å²) >= 11 is 0. The Kier molecular flexibility index (Phi) is 5.11. The zero-order chi connectivity index (χ0) is 18.6. The number of benzene rings is 1. The minimum atomic E-state index is 0.0491. The van der Waals surface area contributed by atoms with Crippen LogP contribution in [-0.2, 0) is 16.1 Å². The number of ketones is 1. The number of piperazine rings is 1.